The van der Waals surface area contributed by atoms with E-state index in [2.05, 4.69) is 30.7 Å². The second-order valence-electron chi connectivity index (χ2n) is 7.25. The van der Waals surface area contributed by atoms with Crippen molar-refractivity contribution < 1.29 is 4.79 Å². The highest BCUT2D eigenvalue weighted by atomic mass is 16.2. The van der Waals surface area contributed by atoms with Crippen molar-refractivity contribution in [2.45, 2.75) is 44.6 Å². The number of rotatable bonds is 5. The predicted octanol–water partition coefficient (Wildman–Crippen LogP) is 2.05. The number of anilines is 1. The van der Waals surface area contributed by atoms with E-state index in [-0.39, 0.29) is 0 Å². The Morgan fingerprint density at radius 1 is 1.12 bits per heavy atom. The molecule has 0 radical (unpaired) electrons. The van der Waals surface area contributed by atoms with Gasteiger partial charge in [-0.3, -0.25) is 9.69 Å². The van der Waals surface area contributed by atoms with E-state index in [1.165, 1.54) is 31.4 Å². The lowest BCUT2D eigenvalue weighted by molar-refractivity contribution is -0.131. The highest BCUT2D eigenvalue weighted by molar-refractivity contribution is 5.81. The first-order valence-corrected chi connectivity index (χ1v) is 9.57. The van der Waals surface area contributed by atoms with Crippen molar-refractivity contribution in [3.63, 3.8) is 0 Å². The van der Waals surface area contributed by atoms with Gasteiger partial charge in [-0.2, -0.15) is 0 Å². The molecule has 1 saturated carbocycles. The number of hydrogen-bond acceptors (Lipinski definition) is 5. The van der Waals surface area contributed by atoms with Crippen LogP contribution in [0.2, 0.25) is 0 Å². The van der Waals surface area contributed by atoms with Crippen molar-refractivity contribution in [3.05, 3.63) is 30.2 Å². The van der Waals surface area contributed by atoms with Gasteiger partial charge in [0, 0.05) is 50.3 Å². The summed E-state index contributed by atoms with van der Waals surface area (Å²) in [4.78, 5) is 28.2. The highest BCUT2D eigenvalue weighted by Gasteiger charge is 2.35. The maximum atomic E-state index is 12.9. The molecule has 134 valence electrons. The Bertz CT molecular complexity index is 620. The Balaban J connectivity index is 1.33. The second-order valence-corrected chi connectivity index (χ2v) is 7.25. The van der Waals surface area contributed by atoms with Gasteiger partial charge in [0.1, 0.15) is 0 Å². The van der Waals surface area contributed by atoms with E-state index >= 15 is 0 Å². The second kappa shape index (κ2) is 7.52. The van der Waals surface area contributed by atoms with Crippen molar-refractivity contribution in [3.8, 4) is 0 Å². The number of nitrogens with zero attached hydrogens (tertiary/aromatic N) is 5. The first-order valence-electron chi connectivity index (χ1n) is 9.57. The zero-order valence-corrected chi connectivity index (χ0v) is 14.8. The van der Waals surface area contributed by atoms with Crippen molar-refractivity contribution in [2.24, 2.45) is 0 Å². The summed E-state index contributed by atoms with van der Waals surface area (Å²) in [6.45, 7) is 4.08. The molecule has 0 N–H and O–H groups in total. The average molecular weight is 341 g/mol. The van der Waals surface area contributed by atoms with Gasteiger partial charge in [-0.15, -0.1) is 0 Å². The first-order chi connectivity index (χ1) is 12.3. The Kier molecular flexibility index (Phi) is 4.97. The number of carbonyl (C=O) groups is 1. The molecule has 2 fully saturated rings. The highest BCUT2D eigenvalue weighted by Crippen LogP contribution is 2.33. The van der Waals surface area contributed by atoms with Gasteiger partial charge in [0.05, 0.1) is 6.54 Å². The van der Waals surface area contributed by atoms with Crippen molar-refractivity contribution in [2.75, 3.05) is 37.6 Å². The third-order valence-electron chi connectivity index (χ3n) is 5.32. The van der Waals surface area contributed by atoms with Crippen LogP contribution in [0.3, 0.4) is 0 Å². The minimum Gasteiger partial charge on any atom is -0.338 e. The van der Waals surface area contributed by atoms with E-state index in [1.807, 2.05) is 6.07 Å². The molecule has 2 aliphatic carbocycles. The Labute approximate surface area is 149 Å². The fraction of sp³-hybridized carbons (Fsp3) is 0.632. The van der Waals surface area contributed by atoms with E-state index in [0.717, 1.165) is 45.0 Å². The molecule has 1 aliphatic heterocycles. The molecular formula is C19H27N5O. The first kappa shape index (κ1) is 16.5. The molecule has 0 bridgehead atoms. The van der Waals surface area contributed by atoms with Crippen LogP contribution >= 0.6 is 0 Å². The van der Waals surface area contributed by atoms with E-state index < -0.39 is 0 Å². The molecule has 0 unspecified atom stereocenters. The molecule has 0 aromatic carbocycles. The largest absolute Gasteiger partial charge is 0.338 e. The molecule has 25 heavy (non-hydrogen) atoms. The van der Waals surface area contributed by atoms with Crippen LogP contribution < -0.4 is 4.90 Å². The normalized spacial score (nSPS) is 21.8. The van der Waals surface area contributed by atoms with Gasteiger partial charge in [-0.25, -0.2) is 9.97 Å². The zero-order chi connectivity index (χ0) is 17.1. The smallest absolute Gasteiger partial charge is 0.241 e. The molecule has 1 saturated heterocycles. The summed E-state index contributed by atoms with van der Waals surface area (Å²) < 4.78 is 0. The lowest BCUT2D eigenvalue weighted by Gasteiger charge is -2.36. The van der Waals surface area contributed by atoms with Gasteiger partial charge in [-0.05, 0) is 44.6 Å². The number of carbonyl (C=O) groups excluding carboxylic acids is 1. The van der Waals surface area contributed by atoms with Crippen LogP contribution in [-0.4, -0.2) is 64.4 Å². The molecule has 4 rings (SSSR count). The van der Waals surface area contributed by atoms with Gasteiger partial charge >= 0.3 is 0 Å². The van der Waals surface area contributed by atoms with E-state index in [1.54, 1.807) is 12.4 Å². The Morgan fingerprint density at radius 3 is 2.52 bits per heavy atom. The molecule has 6 heteroatoms. The summed E-state index contributed by atoms with van der Waals surface area (Å²) >= 11 is 0. The van der Waals surface area contributed by atoms with E-state index in [4.69, 9.17) is 0 Å². The molecule has 3 aliphatic rings. The van der Waals surface area contributed by atoms with E-state index in [0.29, 0.717) is 18.5 Å². The summed E-state index contributed by atoms with van der Waals surface area (Å²) in [5, 5.41) is 0. The van der Waals surface area contributed by atoms with Crippen molar-refractivity contribution in [1.82, 2.24) is 19.8 Å². The van der Waals surface area contributed by atoms with Crippen LogP contribution in [0.25, 0.3) is 0 Å². The molecule has 0 spiro atoms. The third-order valence-corrected chi connectivity index (χ3v) is 5.32. The van der Waals surface area contributed by atoms with Gasteiger partial charge in [0.15, 0.2) is 0 Å². The van der Waals surface area contributed by atoms with Crippen LogP contribution in [0.5, 0.6) is 0 Å². The number of amides is 1. The molecule has 1 amide bonds. The maximum absolute atomic E-state index is 12.9. The topological polar surface area (TPSA) is 52.6 Å². The molecule has 6 nitrogen and oxygen atoms in total. The van der Waals surface area contributed by atoms with Crippen LogP contribution in [0.4, 0.5) is 5.95 Å². The Hall–Kier alpha value is -1.95. The molecule has 1 aromatic heterocycles. The number of piperazine rings is 1. The van der Waals surface area contributed by atoms with Crippen molar-refractivity contribution >= 4 is 11.9 Å². The van der Waals surface area contributed by atoms with Gasteiger partial charge in [-0.1, -0.05) is 6.08 Å². The Morgan fingerprint density at radius 2 is 1.88 bits per heavy atom. The third kappa shape index (κ3) is 4.00. The molecular weight excluding hydrogens is 314 g/mol. The fourth-order valence-electron chi connectivity index (χ4n) is 3.80. The van der Waals surface area contributed by atoms with Gasteiger partial charge < -0.3 is 9.80 Å². The lowest BCUT2D eigenvalue weighted by Crippen LogP contribution is -2.50. The van der Waals surface area contributed by atoms with Crippen LogP contribution in [0.15, 0.2) is 30.2 Å². The summed E-state index contributed by atoms with van der Waals surface area (Å²) in [7, 11) is 0. The lowest BCUT2D eigenvalue weighted by atomic mass is 10.0. The van der Waals surface area contributed by atoms with Crippen LogP contribution in [-0.2, 0) is 4.79 Å². The number of hydrogen-bond donors (Lipinski definition) is 0. The van der Waals surface area contributed by atoms with Crippen molar-refractivity contribution in [1.29, 1.82) is 0 Å². The summed E-state index contributed by atoms with van der Waals surface area (Å²) in [5.41, 5.74) is 1.29. The monoisotopic (exact) mass is 341 g/mol. The maximum Gasteiger partial charge on any atom is 0.241 e. The summed E-state index contributed by atoms with van der Waals surface area (Å²) in [6.07, 6.45) is 12.9. The van der Waals surface area contributed by atoms with E-state index in [9.17, 15) is 4.79 Å². The van der Waals surface area contributed by atoms with Crippen LogP contribution in [0, 0.1) is 0 Å². The summed E-state index contributed by atoms with van der Waals surface area (Å²) in [5.74, 6) is 1.08. The minimum absolute atomic E-state index is 0.292. The minimum atomic E-state index is 0.292. The van der Waals surface area contributed by atoms with Gasteiger partial charge in [0.2, 0.25) is 11.9 Å². The number of aromatic nitrogens is 2. The summed E-state index contributed by atoms with van der Waals surface area (Å²) in [6, 6.07) is 2.31. The van der Waals surface area contributed by atoms with Gasteiger partial charge in [0.25, 0.3) is 0 Å². The predicted molar refractivity (Wildman–Crippen MR) is 97.1 cm³/mol. The van der Waals surface area contributed by atoms with Crippen LogP contribution in [0.1, 0.15) is 38.5 Å². The quantitative estimate of drug-likeness (QED) is 0.820. The molecule has 1 aromatic rings. The zero-order valence-electron chi connectivity index (χ0n) is 14.8. The molecule has 2 heterocycles. The average Bonchev–Trinajstić information content (AvgIpc) is 3.49. The fourth-order valence-corrected chi connectivity index (χ4v) is 3.80. The number of allylic oxidation sites excluding steroid dienone is 2. The SMILES string of the molecule is O=C(CN1CCN(c2ncccn2)CC1)N(C1=CCCCC1)C1CC1. The molecule has 0 atom stereocenters. The standard InChI is InChI=1S/C19H27N5O/c25-18(24(17-7-8-17)16-5-2-1-3-6-16)15-22-11-13-23(14-12-22)19-20-9-4-10-21-19/h4-5,9-10,17H,1-3,6-8,11-15H2.